The number of fused-ring (bicyclic) bond motifs is 2. The van der Waals surface area contributed by atoms with Crippen LogP contribution in [-0.2, 0) is 18.3 Å². The first-order valence-electron chi connectivity index (χ1n) is 6.39. The minimum atomic E-state index is -4.16. The Hall–Kier alpha value is -0.620. The van der Waals surface area contributed by atoms with Crippen molar-refractivity contribution >= 4 is 24.8 Å². The molecule has 4 heterocycles. The molecule has 0 bridgehead atoms. The molecule has 4 rings (SSSR count). The molecule has 2 aromatic rings. The Balaban J connectivity index is 0.00000156. The fourth-order valence-electron chi connectivity index (χ4n) is 2.71. The molecule has 0 amide bonds. The third-order valence-electron chi connectivity index (χ3n) is 3.64. The maximum Gasteiger partial charge on any atom is 1.00 e. The monoisotopic (exact) mass is 352 g/mol. The molecule has 0 aromatic carbocycles. The zero-order valence-electron chi connectivity index (χ0n) is 12.0. The second-order valence-corrected chi connectivity index (χ2v) is 6.30. The summed E-state index contributed by atoms with van der Waals surface area (Å²) in [5.74, 6) is 0.202. The topological polar surface area (TPSA) is 155 Å². The van der Waals surface area contributed by atoms with E-state index < -0.39 is 32.4 Å². The first-order valence-corrected chi connectivity index (χ1v) is 7.88. The largest absolute Gasteiger partial charge is 1.00 e. The van der Waals surface area contributed by atoms with Crippen LogP contribution in [0.2, 0.25) is 0 Å². The van der Waals surface area contributed by atoms with Crippen LogP contribution in [0.25, 0.3) is 11.2 Å². The Morgan fingerprint density at radius 3 is 2.78 bits per heavy atom. The summed E-state index contributed by atoms with van der Waals surface area (Å²) in [5.41, 5.74) is 6.49. The van der Waals surface area contributed by atoms with E-state index in [1.807, 2.05) is 0 Å². The molecule has 2 aliphatic rings. The Kier molecular flexibility index (Phi) is 4.51. The predicted octanol–water partition coefficient (Wildman–Crippen LogP) is -3.81. The third kappa shape index (κ3) is 2.72. The molecule has 118 valence electrons. The van der Waals surface area contributed by atoms with Gasteiger partial charge in [0.1, 0.15) is 30.2 Å². The molecule has 2 fully saturated rings. The molecule has 5 atom stereocenters. The minimum absolute atomic E-state index is 0. The van der Waals surface area contributed by atoms with E-state index in [1.54, 1.807) is 0 Å². The fourth-order valence-corrected chi connectivity index (χ4v) is 3.85. The molecule has 2 aromatic heterocycles. The number of imidazole rings is 1. The van der Waals surface area contributed by atoms with Gasteiger partial charge in [0, 0.05) is 0 Å². The van der Waals surface area contributed by atoms with E-state index in [1.165, 1.54) is 17.2 Å². The average Bonchev–Trinajstić information content (AvgIpc) is 3.10. The predicted molar refractivity (Wildman–Crippen MR) is 70.3 cm³/mol. The van der Waals surface area contributed by atoms with Crippen LogP contribution < -0.4 is 35.3 Å². The minimum Gasteiger partial charge on any atom is -0.394 e. The summed E-state index contributed by atoms with van der Waals surface area (Å²) in [6.45, 7) is -0.384. The zero-order chi connectivity index (χ0) is 15.5. The van der Waals surface area contributed by atoms with Crippen LogP contribution in [0.3, 0.4) is 0 Å². The molecule has 5 unspecified atom stereocenters. The summed E-state index contributed by atoms with van der Waals surface area (Å²) in [6, 6.07) is 0. The third-order valence-corrected chi connectivity index (χ3v) is 4.66. The second-order valence-electron chi connectivity index (χ2n) is 4.94. The first kappa shape index (κ1) is 17.2. The van der Waals surface area contributed by atoms with Crippen molar-refractivity contribution in [3.05, 3.63) is 12.7 Å². The number of nitrogen functional groups attached to an aromatic ring is 1. The number of anilines is 1. The van der Waals surface area contributed by atoms with Crippen molar-refractivity contribution in [1.29, 1.82) is 0 Å². The molecular weight excluding hydrogens is 340 g/mol. The van der Waals surface area contributed by atoms with Gasteiger partial charge < -0.3 is 20.5 Å². The van der Waals surface area contributed by atoms with Gasteiger partial charge in [-0.1, -0.05) is 0 Å². The SMILES string of the molecule is Nc1ncnc2c1ncn2C1OC(CO)C2OP(=O)(O)OC21.[Na+]. The van der Waals surface area contributed by atoms with Crippen LogP contribution in [0, 0.1) is 0 Å². The standard InChI is InChI=1S/C10H12N5O6P.Na/c11-8-5-9(13-2-12-8)15(3-14-5)10-7-6(4(1-16)19-10)20-22(17,18)21-7;/h2-4,6-7,10,16H,1H2,(H,17,18)(H2,11,12,13);/q;+1. The van der Waals surface area contributed by atoms with Crippen molar-refractivity contribution in [2.24, 2.45) is 0 Å². The van der Waals surface area contributed by atoms with Crippen molar-refractivity contribution in [1.82, 2.24) is 19.5 Å². The number of nitrogens with two attached hydrogens (primary N) is 1. The Labute approximate surface area is 151 Å². The zero-order valence-corrected chi connectivity index (χ0v) is 14.9. The molecule has 2 aliphatic heterocycles. The van der Waals surface area contributed by atoms with E-state index in [0.717, 1.165) is 0 Å². The maximum atomic E-state index is 11.6. The summed E-state index contributed by atoms with van der Waals surface area (Å²) in [4.78, 5) is 21.5. The van der Waals surface area contributed by atoms with Crippen molar-refractivity contribution < 1.29 is 57.9 Å². The number of phosphoric ester groups is 1. The number of hydrogen-bond donors (Lipinski definition) is 3. The number of hydrogen-bond acceptors (Lipinski definition) is 9. The number of aromatic nitrogens is 4. The number of nitrogens with zero attached hydrogens (tertiary/aromatic N) is 4. The summed E-state index contributed by atoms with van der Waals surface area (Å²) in [6.07, 6.45) is -0.668. The van der Waals surface area contributed by atoms with E-state index in [9.17, 15) is 14.6 Å². The molecule has 2 saturated heterocycles. The van der Waals surface area contributed by atoms with Gasteiger partial charge in [0.15, 0.2) is 17.7 Å². The maximum absolute atomic E-state index is 11.6. The number of ether oxygens (including phenoxy) is 1. The molecule has 0 spiro atoms. The molecule has 4 N–H and O–H groups in total. The molecule has 0 saturated carbocycles. The summed E-state index contributed by atoms with van der Waals surface area (Å²) < 4.78 is 28.8. The quantitative estimate of drug-likeness (QED) is 0.362. The molecular formula is C10H12N5NaO6P+. The van der Waals surface area contributed by atoms with Gasteiger partial charge in [0.2, 0.25) is 0 Å². The fraction of sp³-hybridized carbons (Fsp3) is 0.500. The van der Waals surface area contributed by atoms with Gasteiger partial charge in [-0.3, -0.25) is 13.6 Å². The first-order chi connectivity index (χ1) is 10.5. The number of aliphatic hydroxyl groups is 1. The Bertz CT molecular complexity index is 788. The summed E-state index contributed by atoms with van der Waals surface area (Å²) in [7, 11) is -4.16. The van der Waals surface area contributed by atoms with Crippen LogP contribution >= 0.6 is 7.82 Å². The van der Waals surface area contributed by atoms with Gasteiger partial charge in [0.25, 0.3) is 0 Å². The molecule has 11 nitrogen and oxygen atoms in total. The number of aliphatic hydroxyl groups excluding tert-OH is 1. The van der Waals surface area contributed by atoms with Crippen LogP contribution in [0.1, 0.15) is 6.23 Å². The smallest absolute Gasteiger partial charge is 0.394 e. The van der Waals surface area contributed by atoms with Crippen molar-refractivity contribution in [3.8, 4) is 0 Å². The van der Waals surface area contributed by atoms with Gasteiger partial charge in [-0.25, -0.2) is 19.5 Å². The van der Waals surface area contributed by atoms with E-state index in [2.05, 4.69) is 15.0 Å². The molecule has 23 heavy (non-hydrogen) atoms. The van der Waals surface area contributed by atoms with Gasteiger partial charge in [0.05, 0.1) is 12.9 Å². The van der Waals surface area contributed by atoms with Crippen molar-refractivity contribution in [3.63, 3.8) is 0 Å². The second kappa shape index (κ2) is 6.03. The molecule has 0 radical (unpaired) electrons. The van der Waals surface area contributed by atoms with Gasteiger partial charge in [-0.15, -0.1) is 0 Å². The van der Waals surface area contributed by atoms with E-state index in [-0.39, 0.29) is 42.0 Å². The van der Waals surface area contributed by atoms with Crippen molar-refractivity contribution in [2.75, 3.05) is 12.3 Å². The number of phosphoric acid groups is 1. The summed E-state index contributed by atoms with van der Waals surface area (Å²) >= 11 is 0. The van der Waals surface area contributed by atoms with Crippen LogP contribution in [-0.4, -0.2) is 54.4 Å². The van der Waals surface area contributed by atoms with Crippen LogP contribution in [0.4, 0.5) is 5.82 Å². The van der Waals surface area contributed by atoms with Crippen molar-refractivity contribution in [2.45, 2.75) is 24.5 Å². The average molecular weight is 352 g/mol. The van der Waals surface area contributed by atoms with Gasteiger partial charge in [-0.05, 0) is 0 Å². The Morgan fingerprint density at radius 2 is 2.04 bits per heavy atom. The van der Waals surface area contributed by atoms with Gasteiger partial charge >= 0.3 is 37.4 Å². The number of rotatable bonds is 2. The van der Waals surface area contributed by atoms with Crippen LogP contribution in [0.15, 0.2) is 12.7 Å². The molecule has 13 heteroatoms. The molecule has 0 aliphatic carbocycles. The van der Waals surface area contributed by atoms with E-state index in [4.69, 9.17) is 19.5 Å². The van der Waals surface area contributed by atoms with Gasteiger partial charge in [-0.2, -0.15) is 0 Å². The van der Waals surface area contributed by atoms with Crippen LogP contribution in [0.5, 0.6) is 0 Å². The van der Waals surface area contributed by atoms with E-state index >= 15 is 0 Å². The normalized spacial score (nSPS) is 36.1. The van der Waals surface area contributed by atoms with E-state index in [0.29, 0.717) is 11.2 Å². The Morgan fingerprint density at radius 1 is 1.30 bits per heavy atom. The summed E-state index contributed by atoms with van der Waals surface area (Å²) in [5, 5.41) is 9.35.